The van der Waals surface area contributed by atoms with Gasteiger partial charge in [-0.05, 0) is 110 Å². The minimum absolute atomic E-state index is 0.0180. The maximum absolute atomic E-state index is 12.6. The van der Waals surface area contributed by atoms with Crippen LogP contribution in [0.25, 0.3) is 0 Å². The predicted octanol–water partition coefficient (Wildman–Crippen LogP) is 7.35. The van der Waals surface area contributed by atoms with Crippen molar-refractivity contribution in [3.8, 4) is 0 Å². The summed E-state index contributed by atoms with van der Waals surface area (Å²) in [7, 11) is 0. The summed E-state index contributed by atoms with van der Waals surface area (Å²) >= 11 is 0. The second kappa shape index (κ2) is 6.96. The van der Waals surface area contributed by atoms with Crippen LogP contribution in [-0.4, -0.2) is 17.5 Å². The smallest absolute Gasteiger partial charge is 0.130 e. The third-order valence-electron chi connectivity index (χ3n) is 12.9. The van der Waals surface area contributed by atoms with E-state index in [-0.39, 0.29) is 22.3 Å². The number of aliphatic hydroxyl groups excluding tert-OH is 1. The van der Waals surface area contributed by atoms with Gasteiger partial charge >= 0.3 is 0 Å². The van der Waals surface area contributed by atoms with Gasteiger partial charge in [-0.3, -0.25) is 0 Å². The topological polar surface area (TPSA) is 37.3 Å². The van der Waals surface area contributed by atoms with E-state index in [1.807, 2.05) is 0 Å². The number of aliphatic hydroxyl groups is 1. The van der Waals surface area contributed by atoms with Gasteiger partial charge in [0.2, 0.25) is 0 Å². The fourth-order valence-corrected chi connectivity index (χ4v) is 10.9. The summed E-state index contributed by atoms with van der Waals surface area (Å²) < 4.78 is 0. The van der Waals surface area contributed by atoms with E-state index in [0.29, 0.717) is 28.6 Å². The highest BCUT2D eigenvalue weighted by Gasteiger charge is 2.69. The standard InChI is InChI=1S/C30H48O2/c1-19(2)20-10-15-30(18-31)17-16-28(6)21(25(20)30)8-9-23-27(5)13-12-24(32)26(3,4)22(27)11-14-29(23,28)7/h18-19,21-24,32H,8-17H2,1-7H3/t21-,22-,23-,24+,27+,28-,29-,30-/m1/s1. The number of aldehydes is 1. The third-order valence-corrected chi connectivity index (χ3v) is 12.9. The van der Waals surface area contributed by atoms with Crippen LogP contribution in [0.1, 0.15) is 113 Å². The average Bonchev–Trinajstić information content (AvgIpc) is 3.12. The second-order valence-corrected chi connectivity index (χ2v) is 14.4. The van der Waals surface area contributed by atoms with Gasteiger partial charge in [0.15, 0.2) is 0 Å². The average molecular weight is 441 g/mol. The molecule has 0 saturated heterocycles. The van der Waals surface area contributed by atoms with Crippen LogP contribution in [0, 0.1) is 50.7 Å². The van der Waals surface area contributed by atoms with E-state index in [1.165, 1.54) is 44.8 Å². The van der Waals surface area contributed by atoms with Crippen LogP contribution in [0.15, 0.2) is 11.1 Å². The van der Waals surface area contributed by atoms with Crippen molar-refractivity contribution in [2.75, 3.05) is 0 Å². The lowest BCUT2D eigenvalue weighted by Crippen LogP contribution is -2.65. The Balaban J connectivity index is 1.59. The fraction of sp³-hybridized carbons (Fsp3) is 0.900. The molecule has 0 aromatic rings. The van der Waals surface area contributed by atoms with Gasteiger partial charge in [0.05, 0.1) is 6.10 Å². The number of carbonyl (C=O) groups is 1. The molecular weight excluding hydrogens is 392 g/mol. The first kappa shape index (κ1) is 23.1. The van der Waals surface area contributed by atoms with Crippen LogP contribution in [0.2, 0.25) is 0 Å². The number of allylic oxidation sites excluding steroid dienone is 2. The van der Waals surface area contributed by atoms with Crippen molar-refractivity contribution in [2.24, 2.45) is 50.7 Å². The van der Waals surface area contributed by atoms with Crippen LogP contribution < -0.4 is 0 Å². The zero-order valence-electron chi connectivity index (χ0n) is 21.9. The molecule has 0 aromatic heterocycles. The molecule has 0 heterocycles. The Bertz CT molecular complexity index is 838. The molecule has 0 bridgehead atoms. The number of fused-ring (bicyclic) bond motifs is 7. The van der Waals surface area contributed by atoms with Crippen LogP contribution in [0.5, 0.6) is 0 Å². The second-order valence-electron chi connectivity index (χ2n) is 14.4. The Morgan fingerprint density at radius 3 is 2.22 bits per heavy atom. The Morgan fingerprint density at radius 1 is 0.844 bits per heavy atom. The molecule has 2 heteroatoms. The largest absolute Gasteiger partial charge is 0.393 e. The molecule has 1 N–H and O–H groups in total. The molecule has 2 nitrogen and oxygen atoms in total. The van der Waals surface area contributed by atoms with Gasteiger partial charge in [0, 0.05) is 5.41 Å². The molecule has 8 atom stereocenters. The van der Waals surface area contributed by atoms with E-state index < -0.39 is 0 Å². The van der Waals surface area contributed by atoms with Gasteiger partial charge < -0.3 is 9.90 Å². The van der Waals surface area contributed by atoms with Crippen molar-refractivity contribution in [1.29, 1.82) is 0 Å². The molecule has 0 unspecified atom stereocenters. The third kappa shape index (κ3) is 2.60. The highest BCUT2D eigenvalue weighted by Crippen LogP contribution is 2.76. The monoisotopic (exact) mass is 440 g/mol. The number of rotatable bonds is 2. The molecule has 5 aliphatic rings. The fourth-order valence-electron chi connectivity index (χ4n) is 10.9. The van der Waals surface area contributed by atoms with Crippen molar-refractivity contribution < 1.29 is 9.90 Å². The molecule has 0 aromatic carbocycles. The van der Waals surface area contributed by atoms with Gasteiger partial charge in [-0.2, -0.15) is 0 Å². The molecule has 4 saturated carbocycles. The SMILES string of the molecule is CC(C)C1=C2[C@H]3CC[C@@H]4[C@@]5(C)CC[C@H](O)C(C)(C)[C@H]5CC[C@@]4(C)[C@]3(C)CC[C@@]2(C=O)CC1. The predicted molar refractivity (Wildman–Crippen MR) is 131 cm³/mol. The minimum atomic E-state index is -0.156. The zero-order chi connectivity index (χ0) is 23.3. The van der Waals surface area contributed by atoms with E-state index in [2.05, 4.69) is 48.5 Å². The normalized spacial score (nSPS) is 52.2. The highest BCUT2D eigenvalue weighted by molar-refractivity contribution is 5.69. The minimum Gasteiger partial charge on any atom is -0.393 e. The lowest BCUT2D eigenvalue weighted by molar-refractivity contribution is -0.227. The lowest BCUT2D eigenvalue weighted by Gasteiger charge is -2.72. The highest BCUT2D eigenvalue weighted by atomic mass is 16.3. The molecule has 4 fully saturated rings. The van der Waals surface area contributed by atoms with Crippen LogP contribution in [0.3, 0.4) is 0 Å². The number of hydrogen-bond acceptors (Lipinski definition) is 2. The first-order chi connectivity index (χ1) is 14.9. The maximum atomic E-state index is 12.6. The Morgan fingerprint density at radius 2 is 1.56 bits per heavy atom. The molecule has 0 radical (unpaired) electrons. The molecule has 180 valence electrons. The van der Waals surface area contributed by atoms with Crippen molar-refractivity contribution in [2.45, 2.75) is 119 Å². The molecule has 0 spiro atoms. The molecule has 5 rings (SSSR count). The van der Waals surface area contributed by atoms with Crippen molar-refractivity contribution >= 4 is 6.29 Å². The summed E-state index contributed by atoms with van der Waals surface area (Å²) in [6.45, 7) is 17.3. The van der Waals surface area contributed by atoms with Crippen molar-refractivity contribution in [3.05, 3.63) is 11.1 Å². The van der Waals surface area contributed by atoms with Crippen LogP contribution >= 0.6 is 0 Å². The molecule has 0 aliphatic heterocycles. The van der Waals surface area contributed by atoms with Crippen LogP contribution in [-0.2, 0) is 4.79 Å². The van der Waals surface area contributed by atoms with Gasteiger partial charge in [-0.1, -0.05) is 59.6 Å². The number of carbonyl (C=O) groups excluding carboxylic acids is 1. The Hall–Kier alpha value is -0.630. The van der Waals surface area contributed by atoms with Crippen LogP contribution in [0.4, 0.5) is 0 Å². The lowest BCUT2D eigenvalue weighted by atomic mass is 9.33. The Labute approximate surface area is 197 Å². The van der Waals surface area contributed by atoms with Gasteiger partial charge in [-0.15, -0.1) is 0 Å². The van der Waals surface area contributed by atoms with E-state index in [4.69, 9.17) is 0 Å². The van der Waals surface area contributed by atoms with Crippen molar-refractivity contribution in [3.63, 3.8) is 0 Å². The molecule has 5 aliphatic carbocycles. The van der Waals surface area contributed by atoms with E-state index in [0.717, 1.165) is 31.6 Å². The van der Waals surface area contributed by atoms with Gasteiger partial charge in [0.25, 0.3) is 0 Å². The quantitative estimate of drug-likeness (QED) is 0.360. The summed E-state index contributed by atoms with van der Waals surface area (Å²) in [5.41, 5.74) is 4.06. The summed E-state index contributed by atoms with van der Waals surface area (Å²) in [6.07, 6.45) is 13.0. The van der Waals surface area contributed by atoms with Gasteiger partial charge in [0.1, 0.15) is 6.29 Å². The first-order valence-corrected chi connectivity index (χ1v) is 13.8. The molecular formula is C30H48O2. The van der Waals surface area contributed by atoms with E-state index in [9.17, 15) is 9.90 Å². The molecule has 0 amide bonds. The summed E-state index contributed by atoms with van der Waals surface area (Å²) in [6, 6.07) is 0. The Kier molecular flexibility index (Phi) is 5.03. The summed E-state index contributed by atoms with van der Waals surface area (Å²) in [5.74, 6) is 2.50. The zero-order valence-corrected chi connectivity index (χ0v) is 21.9. The van der Waals surface area contributed by atoms with Gasteiger partial charge in [-0.25, -0.2) is 0 Å². The molecule has 32 heavy (non-hydrogen) atoms. The maximum Gasteiger partial charge on any atom is 0.130 e. The number of hydrogen-bond donors (Lipinski definition) is 1. The first-order valence-electron chi connectivity index (χ1n) is 13.8. The summed E-state index contributed by atoms with van der Waals surface area (Å²) in [5, 5.41) is 10.9. The summed E-state index contributed by atoms with van der Waals surface area (Å²) in [4.78, 5) is 12.6. The van der Waals surface area contributed by atoms with Crippen molar-refractivity contribution in [1.82, 2.24) is 0 Å². The van der Waals surface area contributed by atoms with E-state index >= 15 is 0 Å². The van der Waals surface area contributed by atoms with E-state index in [1.54, 1.807) is 11.1 Å².